The molecule has 18 heteroatoms. The van der Waals surface area contributed by atoms with Crippen LogP contribution < -0.4 is 37.1 Å². The molecule has 1 heterocycles. The number of ether oxygens (including phenoxy) is 3. The lowest BCUT2D eigenvalue weighted by molar-refractivity contribution is -0.133. The number of primary amides is 1. The summed E-state index contributed by atoms with van der Waals surface area (Å²) in [5.74, 6) is -2.76. The van der Waals surface area contributed by atoms with Gasteiger partial charge in [0.05, 0.1) is 12.6 Å². The number of fused-ring (bicyclic) bond motifs is 5. The van der Waals surface area contributed by atoms with Crippen LogP contribution in [-0.2, 0) is 65.7 Å². The van der Waals surface area contributed by atoms with E-state index in [1.807, 2.05) is 113 Å². The Morgan fingerprint density at radius 2 is 1.26 bits per heavy atom. The van der Waals surface area contributed by atoms with Crippen LogP contribution in [0.15, 0.2) is 127 Å². The van der Waals surface area contributed by atoms with E-state index in [9.17, 15) is 24.0 Å². The Morgan fingerprint density at radius 1 is 0.708 bits per heavy atom. The molecule has 0 aromatic heterocycles. The summed E-state index contributed by atoms with van der Waals surface area (Å²) in [4.78, 5) is 82.7. The Kier molecular flexibility index (Phi) is 19.0. The predicted molar refractivity (Wildman–Crippen MR) is 276 cm³/mol. The second-order valence-corrected chi connectivity index (χ2v) is 24.2. The molecule has 4 atom stereocenters. The number of carbonyl (C=O) groups is 6. The molecule has 0 spiro atoms. The molecule has 5 aromatic rings. The van der Waals surface area contributed by atoms with Gasteiger partial charge in [0.2, 0.25) is 23.6 Å². The molecule has 0 fully saturated rings. The average molecular weight is 1020 g/mol. The Morgan fingerprint density at radius 3 is 1.85 bits per heavy atom. The summed E-state index contributed by atoms with van der Waals surface area (Å²) < 4.78 is 24.4. The van der Waals surface area contributed by atoms with Gasteiger partial charge in [0, 0.05) is 30.8 Å². The molecule has 6 amide bonds. The number of hydrogen-bond donors (Lipinski definition) is 6. The van der Waals surface area contributed by atoms with Gasteiger partial charge in [-0.1, -0.05) is 136 Å². The van der Waals surface area contributed by atoms with Crippen LogP contribution in [0.5, 0.6) is 5.75 Å². The standard InChI is InChI=1S/C54H63ClN6O10Si/c1-54(2,3)72(4,5)71-42(30-58-52(66)69-33-36-17-11-7-12-18-36)29-46-51(65)59-44(49(63)57-31-48(56)62)27-40-25-38(21-23-43(40)55)39-22-24-47(68-32-35-15-9-6-10-16-35)41(26-39)28-45(50(64)60-46)61-53(67)70-34-37-19-13-8-14-20-37/h6-26,42,44-46H,27-34H2,1-5H3,(H2,56,62)(H,57,63)(H,58,66)(H,59,65)(H,60,64)(H,61,67)/t42-,44+,45+,46+/m1/s1. The fourth-order valence-corrected chi connectivity index (χ4v) is 9.11. The largest absolute Gasteiger partial charge is 0.489 e. The maximum Gasteiger partial charge on any atom is 0.408 e. The molecule has 5 aromatic carbocycles. The van der Waals surface area contributed by atoms with Crippen molar-refractivity contribution >= 4 is 55.7 Å². The van der Waals surface area contributed by atoms with Crippen LogP contribution in [0.2, 0.25) is 23.2 Å². The summed E-state index contributed by atoms with van der Waals surface area (Å²) >= 11 is 6.81. The predicted octanol–water partition coefficient (Wildman–Crippen LogP) is 7.26. The van der Waals surface area contributed by atoms with Crippen LogP contribution in [0.1, 0.15) is 55.0 Å². The van der Waals surface area contributed by atoms with Crippen molar-refractivity contribution in [2.24, 2.45) is 5.73 Å². The molecule has 6 rings (SSSR count). The van der Waals surface area contributed by atoms with Gasteiger partial charge in [0.15, 0.2) is 8.32 Å². The Bertz CT molecular complexity index is 2670. The van der Waals surface area contributed by atoms with Crippen molar-refractivity contribution < 1.29 is 47.4 Å². The lowest BCUT2D eigenvalue weighted by Gasteiger charge is -2.40. The summed E-state index contributed by atoms with van der Waals surface area (Å²) in [6.07, 6.45) is -3.10. The molecule has 0 saturated heterocycles. The van der Waals surface area contributed by atoms with Gasteiger partial charge in [-0.3, -0.25) is 19.2 Å². The lowest BCUT2D eigenvalue weighted by atomic mass is 9.95. The number of hydrogen-bond acceptors (Lipinski definition) is 10. The third kappa shape index (κ3) is 16.2. The summed E-state index contributed by atoms with van der Waals surface area (Å²) in [5, 5.41) is 13.6. The van der Waals surface area contributed by atoms with Crippen LogP contribution in [0, 0.1) is 0 Å². The zero-order valence-corrected chi connectivity index (χ0v) is 42.9. The van der Waals surface area contributed by atoms with Gasteiger partial charge >= 0.3 is 12.2 Å². The van der Waals surface area contributed by atoms with E-state index in [0.29, 0.717) is 38.6 Å². The molecule has 380 valence electrons. The molecule has 0 radical (unpaired) electrons. The highest BCUT2D eigenvalue weighted by atomic mass is 35.5. The van der Waals surface area contributed by atoms with Crippen molar-refractivity contribution in [3.8, 4) is 16.9 Å². The Hall–Kier alpha value is -7.21. The molecule has 0 aliphatic carbocycles. The summed E-state index contributed by atoms with van der Waals surface area (Å²) in [7, 11) is -2.69. The van der Waals surface area contributed by atoms with Gasteiger partial charge in [-0.2, -0.15) is 0 Å². The van der Waals surface area contributed by atoms with Crippen LogP contribution >= 0.6 is 11.6 Å². The second kappa shape index (κ2) is 25.3. The quantitative estimate of drug-likeness (QED) is 0.0512. The van der Waals surface area contributed by atoms with E-state index >= 15 is 4.79 Å². The molecular weight excluding hydrogens is 956 g/mol. The maximum atomic E-state index is 15.0. The first-order chi connectivity index (χ1) is 34.3. The van der Waals surface area contributed by atoms with E-state index in [-0.39, 0.29) is 50.7 Å². The van der Waals surface area contributed by atoms with E-state index in [0.717, 1.165) is 11.1 Å². The highest BCUT2D eigenvalue weighted by Crippen LogP contribution is 2.38. The molecule has 0 unspecified atom stereocenters. The van der Waals surface area contributed by atoms with Crippen LogP contribution in [0.3, 0.4) is 0 Å². The minimum absolute atomic E-state index is 0.00224. The smallest absolute Gasteiger partial charge is 0.408 e. The van der Waals surface area contributed by atoms with Crippen LogP contribution in [-0.4, -0.2) is 81.5 Å². The molecule has 4 bridgehead atoms. The number of nitrogens with one attached hydrogen (secondary N) is 5. The van der Waals surface area contributed by atoms with Gasteiger partial charge in [-0.15, -0.1) is 0 Å². The zero-order valence-electron chi connectivity index (χ0n) is 41.1. The molecule has 1 aliphatic heterocycles. The molecule has 0 saturated carbocycles. The van der Waals surface area contributed by atoms with Gasteiger partial charge in [-0.05, 0) is 81.3 Å². The lowest BCUT2D eigenvalue weighted by Crippen LogP contribution is -2.59. The second-order valence-electron chi connectivity index (χ2n) is 19.1. The Balaban J connectivity index is 1.42. The third-order valence-corrected chi connectivity index (χ3v) is 17.4. The number of nitrogens with two attached hydrogens (primary N) is 1. The van der Waals surface area contributed by atoms with Crippen molar-refractivity contribution in [1.29, 1.82) is 0 Å². The van der Waals surface area contributed by atoms with E-state index in [1.165, 1.54) is 0 Å². The number of alkyl carbamates (subject to hydrolysis) is 2. The monoisotopic (exact) mass is 1020 g/mol. The van der Waals surface area contributed by atoms with Crippen LogP contribution in [0.25, 0.3) is 11.1 Å². The first-order valence-electron chi connectivity index (χ1n) is 23.7. The van der Waals surface area contributed by atoms with Crippen molar-refractivity contribution in [3.05, 3.63) is 160 Å². The van der Waals surface area contributed by atoms with E-state index in [1.54, 1.807) is 48.5 Å². The maximum absolute atomic E-state index is 15.0. The highest BCUT2D eigenvalue weighted by molar-refractivity contribution is 6.74. The molecule has 72 heavy (non-hydrogen) atoms. The molecule has 16 nitrogen and oxygen atoms in total. The van der Waals surface area contributed by atoms with Gasteiger partial charge in [0.25, 0.3) is 0 Å². The summed E-state index contributed by atoms with van der Waals surface area (Å²) in [6, 6.07) is 34.2. The first kappa shape index (κ1) is 54.1. The van der Waals surface area contributed by atoms with Gasteiger partial charge < -0.3 is 51.0 Å². The number of rotatable bonds is 17. The minimum Gasteiger partial charge on any atom is -0.489 e. The van der Waals surface area contributed by atoms with Crippen LogP contribution in [0.4, 0.5) is 9.59 Å². The summed E-state index contributed by atoms with van der Waals surface area (Å²) in [5.41, 5.74) is 10.2. The van der Waals surface area contributed by atoms with Gasteiger partial charge in [0.1, 0.15) is 43.7 Å². The number of halogens is 1. The highest BCUT2D eigenvalue weighted by Gasteiger charge is 2.41. The van der Waals surface area contributed by atoms with Crippen molar-refractivity contribution in [1.82, 2.24) is 26.6 Å². The van der Waals surface area contributed by atoms with E-state index < -0.39 is 74.9 Å². The molecule has 1 aliphatic rings. The van der Waals surface area contributed by atoms with Crippen molar-refractivity contribution in [2.45, 2.75) is 102 Å². The number of benzene rings is 5. The molecular formula is C54H63ClN6O10Si. The van der Waals surface area contributed by atoms with E-state index in [4.69, 9.17) is 36.0 Å². The average Bonchev–Trinajstić information content (AvgIpc) is 3.35. The topological polar surface area (TPSA) is 226 Å². The molecule has 7 N–H and O–H groups in total. The third-order valence-electron chi connectivity index (χ3n) is 12.5. The fourth-order valence-electron chi connectivity index (χ4n) is 7.55. The number of amides is 6. The zero-order chi connectivity index (χ0) is 51.8. The van der Waals surface area contributed by atoms with Crippen molar-refractivity contribution in [2.75, 3.05) is 13.1 Å². The van der Waals surface area contributed by atoms with E-state index in [2.05, 4.69) is 26.6 Å². The fraction of sp³-hybridized carbons (Fsp3) is 0.333. The summed E-state index contributed by atoms with van der Waals surface area (Å²) in [6.45, 7) is 9.53. The number of carbonyl (C=O) groups excluding carboxylic acids is 6. The van der Waals surface area contributed by atoms with Gasteiger partial charge in [-0.25, -0.2) is 9.59 Å². The van der Waals surface area contributed by atoms with Crippen molar-refractivity contribution in [3.63, 3.8) is 0 Å². The normalized spacial score (nSPS) is 16.6. The first-order valence-corrected chi connectivity index (χ1v) is 27.0. The minimum atomic E-state index is -2.69. The SMILES string of the molecule is CC(C)(C)[Si](C)(C)O[C@@H](CNC(=O)OCc1ccccc1)C[C@@H]1NC(=O)[C@@H](NC(=O)OCc2ccccc2)Cc2cc(ccc2OCc2ccccc2)-c2ccc(Cl)c(c2)C[C@@H](C(=O)NCC(N)=O)NC1=O. The Labute approximate surface area is 426 Å².